The number of aromatic nitrogens is 1. The highest BCUT2D eigenvalue weighted by Crippen LogP contribution is 2.38. The van der Waals surface area contributed by atoms with Gasteiger partial charge in [0.1, 0.15) is 5.25 Å². The molecule has 4 aromatic rings. The van der Waals surface area contributed by atoms with E-state index >= 15 is 0 Å². The molecule has 1 aromatic heterocycles. The summed E-state index contributed by atoms with van der Waals surface area (Å²) in [7, 11) is 3.15. The first kappa shape index (κ1) is 28.7. The first-order valence-corrected chi connectivity index (χ1v) is 13.9. The Morgan fingerprint density at radius 2 is 1.65 bits per heavy atom. The molecular weight excluding hydrogens is 550 g/mol. The van der Waals surface area contributed by atoms with Gasteiger partial charge in [-0.1, -0.05) is 30.3 Å². The Balaban J connectivity index is 1.47. The average molecular weight is 578 g/mol. The number of ether oxygens (including phenoxy) is 2. The summed E-state index contributed by atoms with van der Waals surface area (Å²) in [6, 6.07) is 22.0. The van der Waals surface area contributed by atoms with Crippen molar-refractivity contribution < 1.29 is 29.0 Å². The second-order valence-corrected chi connectivity index (χ2v) is 10.5. The first-order chi connectivity index (χ1) is 19.4. The van der Waals surface area contributed by atoms with Gasteiger partial charge in [-0.2, -0.15) is 0 Å². The van der Waals surface area contributed by atoms with Crippen LogP contribution in [0.25, 0.3) is 11.3 Å². The summed E-state index contributed by atoms with van der Waals surface area (Å²) in [5, 5.41) is 16.1. The van der Waals surface area contributed by atoms with Crippen LogP contribution in [0.3, 0.4) is 0 Å². The highest BCUT2D eigenvalue weighted by atomic mass is 32.2. The van der Waals surface area contributed by atoms with Gasteiger partial charge in [0.15, 0.2) is 16.6 Å². The largest absolute Gasteiger partial charge is 0.493 e. The van der Waals surface area contributed by atoms with Crippen molar-refractivity contribution in [1.29, 1.82) is 0 Å². The molecule has 0 aliphatic rings. The third kappa shape index (κ3) is 7.61. The number of thioether (sulfide) groups is 1. The summed E-state index contributed by atoms with van der Waals surface area (Å²) in [4.78, 5) is 41.5. The van der Waals surface area contributed by atoms with Gasteiger partial charge in [-0.15, -0.1) is 23.1 Å². The van der Waals surface area contributed by atoms with E-state index in [2.05, 4.69) is 15.6 Å². The lowest BCUT2D eigenvalue weighted by Gasteiger charge is -2.16. The molecule has 0 saturated carbocycles. The molecule has 2 amide bonds. The second kappa shape index (κ2) is 13.6. The number of rotatable bonds is 12. The number of anilines is 2. The number of amides is 2. The number of aliphatic carboxylic acids is 1. The highest BCUT2D eigenvalue weighted by molar-refractivity contribution is 8.00. The molecule has 4 rings (SSSR count). The maximum Gasteiger partial charge on any atom is 0.303 e. The van der Waals surface area contributed by atoms with E-state index in [1.807, 2.05) is 47.8 Å². The number of carbonyl (C=O) groups excluding carboxylic acids is 2. The van der Waals surface area contributed by atoms with Gasteiger partial charge >= 0.3 is 5.97 Å². The standard InChI is InChI=1S/C29H27N3O6S2/c1-37-23-13-8-19(16-24(23)38-2)22-17-39-29(31-22)32-28(36)27(18-6-4-3-5-7-18)40-21-11-9-20(10-12-21)30-25(33)14-15-26(34)35/h3-13,16-17,27H,14-15H2,1-2H3,(H,30,33)(H,34,35)(H,31,32,36). The van der Waals surface area contributed by atoms with E-state index in [9.17, 15) is 14.4 Å². The van der Waals surface area contributed by atoms with Crippen LogP contribution in [0, 0.1) is 0 Å². The minimum atomic E-state index is -1.03. The minimum Gasteiger partial charge on any atom is -0.493 e. The lowest BCUT2D eigenvalue weighted by atomic mass is 10.1. The SMILES string of the molecule is COc1ccc(-c2csc(NC(=O)C(Sc3ccc(NC(=O)CCC(=O)O)cc3)c3ccccc3)n2)cc1OC. The predicted octanol–water partition coefficient (Wildman–Crippen LogP) is 6.10. The number of nitrogens with zero attached hydrogens (tertiary/aromatic N) is 1. The van der Waals surface area contributed by atoms with Crippen molar-refractivity contribution in [2.45, 2.75) is 23.0 Å². The maximum atomic E-state index is 13.5. The van der Waals surface area contributed by atoms with E-state index in [0.29, 0.717) is 28.0 Å². The third-order valence-corrected chi connectivity index (χ3v) is 7.74. The van der Waals surface area contributed by atoms with Crippen molar-refractivity contribution in [2.75, 3.05) is 24.9 Å². The highest BCUT2D eigenvalue weighted by Gasteiger charge is 2.23. The molecule has 1 heterocycles. The van der Waals surface area contributed by atoms with Crippen molar-refractivity contribution in [3.8, 4) is 22.8 Å². The normalized spacial score (nSPS) is 11.3. The van der Waals surface area contributed by atoms with Crippen LogP contribution >= 0.6 is 23.1 Å². The smallest absolute Gasteiger partial charge is 0.303 e. The molecular formula is C29H27N3O6S2. The third-order valence-electron chi connectivity index (χ3n) is 5.71. The van der Waals surface area contributed by atoms with Crippen LogP contribution in [0.4, 0.5) is 10.8 Å². The van der Waals surface area contributed by atoms with Crippen LogP contribution in [0.5, 0.6) is 11.5 Å². The fourth-order valence-corrected chi connectivity index (χ4v) is 5.48. The summed E-state index contributed by atoms with van der Waals surface area (Å²) in [5.74, 6) is -0.422. The van der Waals surface area contributed by atoms with Crippen LogP contribution in [-0.4, -0.2) is 42.1 Å². The van der Waals surface area contributed by atoms with E-state index < -0.39 is 11.2 Å². The summed E-state index contributed by atoms with van der Waals surface area (Å²) in [6.07, 6.45) is -0.338. The molecule has 3 aromatic carbocycles. The Bertz CT molecular complexity index is 1470. The Kier molecular flexibility index (Phi) is 9.76. The number of hydrogen-bond donors (Lipinski definition) is 3. The summed E-state index contributed by atoms with van der Waals surface area (Å²) < 4.78 is 10.7. The number of methoxy groups -OCH3 is 2. The Labute approximate surface area is 239 Å². The van der Waals surface area contributed by atoms with Gasteiger partial charge in [-0.3, -0.25) is 14.4 Å². The quantitative estimate of drug-likeness (QED) is 0.172. The second-order valence-electron chi connectivity index (χ2n) is 8.47. The first-order valence-electron chi connectivity index (χ1n) is 12.2. The van der Waals surface area contributed by atoms with E-state index in [1.54, 1.807) is 44.6 Å². The number of carboxylic acids is 1. The van der Waals surface area contributed by atoms with Gasteiger partial charge < -0.3 is 25.2 Å². The number of thiazole rings is 1. The summed E-state index contributed by atoms with van der Waals surface area (Å²) in [5.41, 5.74) is 2.91. The number of carbonyl (C=O) groups is 3. The Hall–Kier alpha value is -4.35. The zero-order chi connectivity index (χ0) is 28.5. The molecule has 1 atom stereocenters. The lowest BCUT2D eigenvalue weighted by molar-refractivity contribution is -0.138. The van der Waals surface area contributed by atoms with Crippen molar-refractivity contribution >= 4 is 51.7 Å². The molecule has 1 unspecified atom stereocenters. The molecule has 0 bridgehead atoms. The van der Waals surface area contributed by atoms with Crippen molar-refractivity contribution in [1.82, 2.24) is 4.98 Å². The van der Waals surface area contributed by atoms with Gasteiger partial charge in [0.2, 0.25) is 11.8 Å². The molecule has 0 aliphatic carbocycles. The van der Waals surface area contributed by atoms with Gasteiger partial charge in [-0.05, 0) is 48.0 Å². The molecule has 40 heavy (non-hydrogen) atoms. The predicted molar refractivity (Wildman–Crippen MR) is 156 cm³/mol. The zero-order valence-corrected chi connectivity index (χ0v) is 23.4. The van der Waals surface area contributed by atoms with Gasteiger partial charge in [0.05, 0.1) is 26.3 Å². The Morgan fingerprint density at radius 1 is 0.925 bits per heavy atom. The van der Waals surface area contributed by atoms with E-state index in [-0.39, 0.29) is 24.7 Å². The topological polar surface area (TPSA) is 127 Å². The monoisotopic (exact) mass is 577 g/mol. The number of nitrogens with one attached hydrogen (secondary N) is 2. The maximum absolute atomic E-state index is 13.5. The average Bonchev–Trinajstić information content (AvgIpc) is 3.44. The number of benzene rings is 3. The van der Waals surface area contributed by atoms with E-state index in [0.717, 1.165) is 16.0 Å². The van der Waals surface area contributed by atoms with Crippen LogP contribution < -0.4 is 20.1 Å². The van der Waals surface area contributed by atoms with Crippen LogP contribution in [0.15, 0.2) is 83.1 Å². The van der Waals surface area contributed by atoms with Gasteiger partial charge in [0, 0.05) is 27.9 Å². The number of carboxylic acid groups (broad SMARTS) is 1. The molecule has 0 aliphatic heterocycles. The molecule has 0 saturated heterocycles. The van der Waals surface area contributed by atoms with Crippen LogP contribution in [0.2, 0.25) is 0 Å². The molecule has 11 heteroatoms. The van der Waals surface area contributed by atoms with Crippen molar-refractivity contribution in [3.63, 3.8) is 0 Å². The molecule has 0 radical (unpaired) electrons. The molecule has 3 N–H and O–H groups in total. The summed E-state index contributed by atoms with van der Waals surface area (Å²) in [6.45, 7) is 0. The van der Waals surface area contributed by atoms with Gasteiger partial charge in [-0.25, -0.2) is 4.98 Å². The fourth-order valence-electron chi connectivity index (χ4n) is 3.73. The Morgan fingerprint density at radius 3 is 2.33 bits per heavy atom. The van der Waals surface area contributed by atoms with Crippen LogP contribution in [-0.2, 0) is 14.4 Å². The molecule has 9 nitrogen and oxygen atoms in total. The molecule has 0 fully saturated rings. The van der Waals surface area contributed by atoms with E-state index in [4.69, 9.17) is 14.6 Å². The molecule has 206 valence electrons. The van der Waals surface area contributed by atoms with Gasteiger partial charge in [0.25, 0.3) is 0 Å². The summed E-state index contributed by atoms with van der Waals surface area (Å²) >= 11 is 2.69. The minimum absolute atomic E-state index is 0.105. The van der Waals surface area contributed by atoms with Crippen molar-refractivity contribution in [3.05, 3.63) is 83.7 Å². The number of hydrogen-bond acceptors (Lipinski definition) is 8. The lowest BCUT2D eigenvalue weighted by Crippen LogP contribution is -2.19. The van der Waals surface area contributed by atoms with E-state index in [1.165, 1.54) is 23.1 Å². The zero-order valence-electron chi connectivity index (χ0n) is 21.7. The van der Waals surface area contributed by atoms with Crippen LogP contribution in [0.1, 0.15) is 23.7 Å². The molecule has 0 spiro atoms. The fraction of sp³-hybridized carbons (Fsp3) is 0.172. The van der Waals surface area contributed by atoms with Crippen molar-refractivity contribution in [2.24, 2.45) is 0 Å².